The number of hydrogen-bond donors (Lipinski definition) is 1. The van der Waals surface area contributed by atoms with E-state index < -0.39 is 0 Å². The van der Waals surface area contributed by atoms with E-state index in [9.17, 15) is 10.1 Å². The Balaban J connectivity index is 0.00000200. The molecule has 6 nitrogen and oxygen atoms in total. The fourth-order valence-corrected chi connectivity index (χ4v) is 2.48. The Morgan fingerprint density at radius 3 is 2.90 bits per heavy atom. The van der Waals surface area contributed by atoms with Crippen LogP contribution in [-0.4, -0.2) is 36.1 Å². The fraction of sp³-hybridized carbons (Fsp3) is 0.538. The van der Waals surface area contributed by atoms with Crippen molar-refractivity contribution >= 4 is 18.1 Å². The zero-order valence-corrected chi connectivity index (χ0v) is 12.3. The monoisotopic (exact) mass is 301 g/mol. The minimum absolute atomic E-state index is 0. The molecule has 1 aliphatic heterocycles. The molecule has 0 unspecified atom stereocenters. The van der Waals surface area contributed by atoms with Gasteiger partial charge in [0.25, 0.3) is 5.69 Å². The van der Waals surface area contributed by atoms with Gasteiger partial charge < -0.3 is 10.5 Å². The van der Waals surface area contributed by atoms with Crippen LogP contribution >= 0.6 is 12.4 Å². The van der Waals surface area contributed by atoms with Crippen molar-refractivity contribution in [2.24, 2.45) is 5.73 Å². The number of nitrogens with two attached hydrogens (primary N) is 1. The van der Waals surface area contributed by atoms with Crippen LogP contribution in [-0.2, 0) is 6.54 Å². The molecule has 0 aliphatic carbocycles. The van der Waals surface area contributed by atoms with Crippen LogP contribution in [0.5, 0.6) is 5.75 Å². The molecule has 0 saturated carbocycles. The van der Waals surface area contributed by atoms with Crippen molar-refractivity contribution in [3.05, 3.63) is 33.9 Å². The number of ether oxygens (including phenoxy) is 1. The lowest BCUT2D eigenvalue weighted by Gasteiger charge is -2.30. The molecule has 1 aromatic carbocycles. The summed E-state index contributed by atoms with van der Waals surface area (Å²) in [5.41, 5.74) is 6.88. The maximum absolute atomic E-state index is 10.8. The number of benzene rings is 1. The molecule has 20 heavy (non-hydrogen) atoms. The van der Waals surface area contributed by atoms with Gasteiger partial charge in [-0.05, 0) is 25.5 Å². The molecule has 1 atom stereocenters. The first-order chi connectivity index (χ1) is 9.10. The van der Waals surface area contributed by atoms with Gasteiger partial charge in [0, 0.05) is 36.8 Å². The number of hydrogen-bond acceptors (Lipinski definition) is 5. The normalized spacial score (nSPS) is 19.2. The summed E-state index contributed by atoms with van der Waals surface area (Å²) in [4.78, 5) is 12.7. The average molecular weight is 302 g/mol. The van der Waals surface area contributed by atoms with Crippen LogP contribution in [0.2, 0.25) is 0 Å². The van der Waals surface area contributed by atoms with Crippen molar-refractivity contribution in [3.8, 4) is 5.75 Å². The first-order valence-electron chi connectivity index (χ1n) is 6.39. The molecular formula is C13H20ClN3O3. The smallest absolute Gasteiger partial charge is 0.270 e. The number of nitrogens with zero attached hydrogens (tertiary/aromatic N) is 2. The number of nitro groups is 1. The number of piperidine rings is 1. The van der Waals surface area contributed by atoms with Crippen LogP contribution in [0.3, 0.4) is 0 Å². The molecular weight excluding hydrogens is 282 g/mol. The molecule has 2 N–H and O–H groups in total. The third-order valence-corrected chi connectivity index (χ3v) is 3.41. The van der Waals surface area contributed by atoms with Crippen LogP contribution in [0, 0.1) is 10.1 Å². The van der Waals surface area contributed by atoms with Gasteiger partial charge in [0.15, 0.2) is 0 Å². The quantitative estimate of drug-likeness (QED) is 0.679. The van der Waals surface area contributed by atoms with Gasteiger partial charge in [-0.1, -0.05) is 0 Å². The summed E-state index contributed by atoms with van der Waals surface area (Å²) in [6.45, 7) is 2.43. The number of non-ortho nitro benzene ring substituents is 1. The average Bonchev–Trinajstić information content (AvgIpc) is 2.38. The van der Waals surface area contributed by atoms with Crippen LogP contribution < -0.4 is 10.5 Å². The lowest BCUT2D eigenvalue weighted by atomic mass is 10.1. The highest BCUT2D eigenvalue weighted by atomic mass is 35.5. The summed E-state index contributed by atoms with van der Waals surface area (Å²) in [7, 11) is 1.58. The Bertz CT molecular complexity index is 470. The van der Waals surface area contributed by atoms with E-state index in [0.717, 1.165) is 31.5 Å². The van der Waals surface area contributed by atoms with E-state index in [1.807, 2.05) is 0 Å². The van der Waals surface area contributed by atoms with Gasteiger partial charge in [0.05, 0.1) is 12.0 Å². The fourth-order valence-electron chi connectivity index (χ4n) is 2.48. The van der Waals surface area contributed by atoms with Crippen molar-refractivity contribution in [3.63, 3.8) is 0 Å². The highest BCUT2D eigenvalue weighted by molar-refractivity contribution is 5.85. The highest BCUT2D eigenvalue weighted by Crippen LogP contribution is 2.26. The van der Waals surface area contributed by atoms with Crippen molar-refractivity contribution in [2.45, 2.75) is 25.4 Å². The Kier molecular flexibility index (Phi) is 6.19. The summed E-state index contributed by atoms with van der Waals surface area (Å²) in [5, 5.41) is 10.8. The summed E-state index contributed by atoms with van der Waals surface area (Å²) in [6.07, 6.45) is 2.11. The van der Waals surface area contributed by atoms with Crippen LogP contribution in [0.25, 0.3) is 0 Å². The lowest BCUT2D eigenvalue weighted by molar-refractivity contribution is -0.385. The van der Waals surface area contributed by atoms with Crippen LogP contribution in [0.1, 0.15) is 18.4 Å². The Hall–Kier alpha value is -1.37. The molecule has 0 spiro atoms. The molecule has 1 aliphatic rings. The van der Waals surface area contributed by atoms with Crippen molar-refractivity contribution in [2.75, 3.05) is 20.2 Å². The second-order valence-electron chi connectivity index (χ2n) is 4.89. The van der Waals surface area contributed by atoms with Gasteiger partial charge in [-0.3, -0.25) is 15.0 Å². The molecule has 2 rings (SSSR count). The molecule has 1 aromatic rings. The predicted octanol–water partition coefficient (Wildman–Crippen LogP) is 1.95. The summed E-state index contributed by atoms with van der Waals surface area (Å²) < 4.78 is 5.27. The molecule has 1 heterocycles. The molecule has 0 radical (unpaired) electrons. The molecule has 112 valence electrons. The van der Waals surface area contributed by atoms with Gasteiger partial charge in [0.2, 0.25) is 0 Å². The van der Waals surface area contributed by atoms with E-state index in [4.69, 9.17) is 10.5 Å². The Labute approximate surface area is 124 Å². The molecule has 1 saturated heterocycles. The van der Waals surface area contributed by atoms with Crippen LogP contribution in [0.15, 0.2) is 18.2 Å². The Morgan fingerprint density at radius 1 is 1.55 bits per heavy atom. The summed E-state index contributed by atoms with van der Waals surface area (Å²) in [6, 6.07) is 4.89. The van der Waals surface area contributed by atoms with E-state index in [1.165, 1.54) is 6.07 Å². The maximum Gasteiger partial charge on any atom is 0.270 e. The van der Waals surface area contributed by atoms with E-state index in [1.54, 1.807) is 19.2 Å². The molecule has 0 bridgehead atoms. The largest absolute Gasteiger partial charge is 0.496 e. The van der Waals surface area contributed by atoms with E-state index in [2.05, 4.69) is 4.90 Å². The first kappa shape index (κ1) is 16.7. The minimum atomic E-state index is -0.384. The van der Waals surface area contributed by atoms with Gasteiger partial charge in [-0.15, -0.1) is 12.4 Å². The second-order valence-corrected chi connectivity index (χ2v) is 4.89. The number of likely N-dealkylation sites (tertiary alicyclic amines) is 1. The minimum Gasteiger partial charge on any atom is -0.496 e. The van der Waals surface area contributed by atoms with Gasteiger partial charge in [-0.2, -0.15) is 0 Å². The highest BCUT2D eigenvalue weighted by Gasteiger charge is 2.19. The molecule has 0 aromatic heterocycles. The molecule has 7 heteroatoms. The van der Waals surface area contributed by atoms with E-state index in [0.29, 0.717) is 12.3 Å². The lowest BCUT2D eigenvalue weighted by Crippen LogP contribution is -2.42. The standard InChI is InChI=1S/C13H19N3O3.ClH/c1-19-13-5-4-12(16(17)18)7-10(13)8-15-6-2-3-11(14)9-15;/h4-5,7,11H,2-3,6,8-9,14H2,1H3;1H/t11-;/m1./s1. The zero-order valence-electron chi connectivity index (χ0n) is 11.4. The zero-order chi connectivity index (χ0) is 13.8. The van der Waals surface area contributed by atoms with Gasteiger partial charge in [-0.25, -0.2) is 0 Å². The number of halogens is 1. The third kappa shape index (κ3) is 4.06. The SMILES string of the molecule is COc1ccc([N+](=O)[O-])cc1CN1CCC[C@@H](N)C1.Cl. The first-order valence-corrected chi connectivity index (χ1v) is 6.39. The van der Waals surface area contributed by atoms with Gasteiger partial charge >= 0.3 is 0 Å². The third-order valence-electron chi connectivity index (χ3n) is 3.41. The van der Waals surface area contributed by atoms with Crippen molar-refractivity contribution < 1.29 is 9.66 Å². The number of nitro benzene ring substituents is 1. The Morgan fingerprint density at radius 2 is 2.30 bits per heavy atom. The van der Waals surface area contributed by atoms with E-state index >= 15 is 0 Å². The second kappa shape index (κ2) is 7.42. The van der Waals surface area contributed by atoms with Crippen molar-refractivity contribution in [1.29, 1.82) is 0 Å². The van der Waals surface area contributed by atoms with E-state index in [-0.39, 0.29) is 29.1 Å². The number of methoxy groups -OCH3 is 1. The summed E-state index contributed by atoms with van der Waals surface area (Å²) >= 11 is 0. The van der Waals surface area contributed by atoms with Crippen LogP contribution in [0.4, 0.5) is 5.69 Å². The van der Waals surface area contributed by atoms with Gasteiger partial charge in [0.1, 0.15) is 5.75 Å². The van der Waals surface area contributed by atoms with Crippen molar-refractivity contribution in [1.82, 2.24) is 4.90 Å². The maximum atomic E-state index is 10.8. The number of rotatable bonds is 4. The topological polar surface area (TPSA) is 81.6 Å². The molecule has 1 fully saturated rings. The summed E-state index contributed by atoms with van der Waals surface area (Å²) in [5.74, 6) is 0.685. The predicted molar refractivity (Wildman–Crippen MR) is 79.4 cm³/mol. The molecule has 0 amide bonds.